The topological polar surface area (TPSA) is 65.0 Å². The van der Waals surface area contributed by atoms with Crippen LogP contribution in [0.15, 0.2) is 12.1 Å². The lowest BCUT2D eigenvalue weighted by atomic mass is 9.92. The molecule has 1 aromatic rings. The highest BCUT2D eigenvalue weighted by atomic mass is 19.1. The van der Waals surface area contributed by atoms with Crippen LogP contribution in [0.25, 0.3) is 0 Å². The summed E-state index contributed by atoms with van der Waals surface area (Å²) in [5.41, 5.74) is 0.323. The summed E-state index contributed by atoms with van der Waals surface area (Å²) in [6, 6.07) is 2.83. The summed E-state index contributed by atoms with van der Waals surface area (Å²) in [7, 11) is 0. The number of rotatable bonds is 16. The van der Waals surface area contributed by atoms with Crippen LogP contribution >= 0.6 is 0 Å². The standard InChI is InChI=1S/C28H45FO5/c1-20(2)8-6-9-21(3)10-7-11-22(4)13-15-32-19-28(5)14-12-23-16-26(33-18-27(30)31)24(29)17-25(23)34-28/h16-17,20-22H,6-15,18-19H2,1-5H3,(H,30,31). The van der Waals surface area contributed by atoms with Crippen LogP contribution in [0.5, 0.6) is 11.5 Å². The largest absolute Gasteiger partial charge is 0.485 e. The number of halogens is 1. The molecule has 1 aromatic carbocycles. The van der Waals surface area contributed by atoms with E-state index in [-0.39, 0.29) is 5.75 Å². The average molecular weight is 481 g/mol. The van der Waals surface area contributed by atoms with Crippen LogP contribution in [-0.2, 0) is 16.0 Å². The molecule has 1 aliphatic rings. The molecule has 5 nitrogen and oxygen atoms in total. The van der Waals surface area contributed by atoms with Crippen LogP contribution in [-0.4, -0.2) is 36.5 Å². The molecule has 0 spiro atoms. The first kappa shape index (κ1) is 28.4. The zero-order chi connectivity index (χ0) is 25.1. The summed E-state index contributed by atoms with van der Waals surface area (Å²) < 4.78 is 31.4. The third-order valence-electron chi connectivity index (χ3n) is 6.78. The van der Waals surface area contributed by atoms with Crippen molar-refractivity contribution in [3.8, 4) is 11.5 Å². The summed E-state index contributed by atoms with van der Waals surface area (Å²) in [6.07, 6.45) is 10.3. The molecule has 0 saturated heterocycles. The molecular formula is C28H45FO5. The lowest BCUT2D eigenvalue weighted by Gasteiger charge is -2.35. The Labute approximate surface area is 205 Å². The first-order valence-electron chi connectivity index (χ1n) is 13.0. The third-order valence-corrected chi connectivity index (χ3v) is 6.78. The first-order valence-corrected chi connectivity index (χ1v) is 13.0. The van der Waals surface area contributed by atoms with Crippen LogP contribution in [0.4, 0.5) is 4.39 Å². The molecule has 3 atom stereocenters. The Kier molecular flexibility index (Phi) is 11.6. The van der Waals surface area contributed by atoms with Gasteiger partial charge in [0.2, 0.25) is 0 Å². The third kappa shape index (κ3) is 10.2. The Balaban J connectivity index is 1.67. The Morgan fingerprint density at radius 3 is 2.38 bits per heavy atom. The van der Waals surface area contributed by atoms with Crippen molar-refractivity contribution in [1.29, 1.82) is 0 Å². The summed E-state index contributed by atoms with van der Waals surface area (Å²) >= 11 is 0. The minimum Gasteiger partial charge on any atom is -0.485 e. The summed E-state index contributed by atoms with van der Waals surface area (Å²) in [6.45, 7) is 11.9. The van der Waals surface area contributed by atoms with Crippen molar-refractivity contribution in [3.63, 3.8) is 0 Å². The van der Waals surface area contributed by atoms with E-state index in [4.69, 9.17) is 19.3 Å². The van der Waals surface area contributed by atoms with Crippen LogP contribution in [0.3, 0.4) is 0 Å². The number of aliphatic carboxylic acids is 1. The number of carboxylic acid groups (broad SMARTS) is 1. The van der Waals surface area contributed by atoms with Gasteiger partial charge in [-0.15, -0.1) is 0 Å². The summed E-state index contributed by atoms with van der Waals surface area (Å²) in [5, 5.41) is 8.73. The van der Waals surface area contributed by atoms with Gasteiger partial charge in [-0.05, 0) is 55.6 Å². The second-order valence-electron chi connectivity index (χ2n) is 10.9. The maximum atomic E-state index is 14.3. The second-order valence-corrected chi connectivity index (χ2v) is 10.9. The number of hydrogen-bond donors (Lipinski definition) is 1. The van der Waals surface area contributed by atoms with Gasteiger partial charge in [-0.3, -0.25) is 0 Å². The molecule has 3 unspecified atom stereocenters. The van der Waals surface area contributed by atoms with Gasteiger partial charge in [0, 0.05) is 12.7 Å². The smallest absolute Gasteiger partial charge is 0.341 e. The van der Waals surface area contributed by atoms with Gasteiger partial charge < -0.3 is 19.3 Å². The van der Waals surface area contributed by atoms with E-state index < -0.39 is 24.0 Å². The molecule has 0 saturated carbocycles. The molecule has 1 heterocycles. The molecule has 0 radical (unpaired) electrons. The number of carbonyl (C=O) groups is 1. The monoisotopic (exact) mass is 480 g/mol. The van der Waals surface area contributed by atoms with Gasteiger partial charge in [0.15, 0.2) is 18.2 Å². The molecular weight excluding hydrogens is 435 g/mol. The van der Waals surface area contributed by atoms with E-state index in [1.165, 1.54) is 44.6 Å². The molecule has 0 fully saturated rings. The van der Waals surface area contributed by atoms with Crippen molar-refractivity contribution in [2.24, 2.45) is 17.8 Å². The highest BCUT2D eigenvalue weighted by molar-refractivity contribution is 5.68. The molecule has 0 aliphatic carbocycles. The van der Waals surface area contributed by atoms with E-state index in [1.807, 2.05) is 6.92 Å². The van der Waals surface area contributed by atoms with Crippen molar-refractivity contribution >= 4 is 5.97 Å². The van der Waals surface area contributed by atoms with Crippen molar-refractivity contribution in [1.82, 2.24) is 0 Å². The number of hydrogen-bond acceptors (Lipinski definition) is 4. The van der Waals surface area contributed by atoms with Crippen molar-refractivity contribution in [3.05, 3.63) is 23.5 Å². The molecule has 0 amide bonds. The second kappa shape index (κ2) is 13.9. The van der Waals surface area contributed by atoms with E-state index in [9.17, 15) is 9.18 Å². The summed E-state index contributed by atoms with van der Waals surface area (Å²) in [5.74, 6) is 0.937. The predicted molar refractivity (Wildman–Crippen MR) is 133 cm³/mol. The minimum absolute atomic E-state index is 0.0523. The number of carboxylic acids is 1. The van der Waals surface area contributed by atoms with Crippen molar-refractivity contribution in [2.75, 3.05) is 19.8 Å². The molecule has 1 aliphatic heterocycles. The quantitative estimate of drug-likeness (QED) is 0.257. The van der Waals surface area contributed by atoms with Crippen LogP contribution in [0.2, 0.25) is 0 Å². The van der Waals surface area contributed by atoms with E-state index in [0.717, 1.165) is 30.2 Å². The Bertz CT molecular complexity index is 765. The van der Waals surface area contributed by atoms with Gasteiger partial charge in [0.1, 0.15) is 11.4 Å². The van der Waals surface area contributed by atoms with Crippen LogP contribution in [0.1, 0.15) is 91.5 Å². The highest BCUT2D eigenvalue weighted by Crippen LogP contribution is 2.37. The predicted octanol–water partition coefficient (Wildman–Crippen LogP) is 7.05. The van der Waals surface area contributed by atoms with Gasteiger partial charge in [-0.2, -0.15) is 0 Å². The fourth-order valence-electron chi connectivity index (χ4n) is 4.49. The maximum Gasteiger partial charge on any atom is 0.341 e. The van der Waals surface area contributed by atoms with Crippen LogP contribution < -0.4 is 9.47 Å². The van der Waals surface area contributed by atoms with Gasteiger partial charge in [-0.25, -0.2) is 9.18 Å². The molecule has 2 rings (SSSR count). The Morgan fingerprint density at radius 2 is 1.74 bits per heavy atom. The van der Waals surface area contributed by atoms with E-state index in [0.29, 0.717) is 31.3 Å². The van der Waals surface area contributed by atoms with Gasteiger partial charge in [0.05, 0.1) is 6.61 Å². The lowest BCUT2D eigenvalue weighted by Crippen LogP contribution is -2.41. The summed E-state index contributed by atoms with van der Waals surface area (Å²) in [4.78, 5) is 10.7. The maximum absolute atomic E-state index is 14.3. The molecule has 194 valence electrons. The Morgan fingerprint density at radius 1 is 1.09 bits per heavy atom. The fraction of sp³-hybridized carbons (Fsp3) is 0.750. The molecule has 1 N–H and O–H groups in total. The Hall–Kier alpha value is -1.82. The number of fused-ring (bicyclic) bond motifs is 1. The fourth-order valence-corrected chi connectivity index (χ4v) is 4.49. The van der Waals surface area contributed by atoms with Gasteiger partial charge >= 0.3 is 5.97 Å². The van der Waals surface area contributed by atoms with E-state index in [1.54, 1.807) is 6.07 Å². The zero-order valence-electron chi connectivity index (χ0n) is 21.8. The van der Waals surface area contributed by atoms with Crippen molar-refractivity contribution < 1.29 is 28.5 Å². The van der Waals surface area contributed by atoms with E-state index >= 15 is 0 Å². The number of aryl methyl sites for hydroxylation is 1. The molecule has 0 aromatic heterocycles. The number of benzene rings is 1. The molecule has 34 heavy (non-hydrogen) atoms. The van der Waals surface area contributed by atoms with Gasteiger partial charge in [-0.1, -0.05) is 66.2 Å². The normalized spacial score (nSPS) is 19.4. The van der Waals surface area contributed by atoms with Crippen molar-refractivity contribution in [2.45, 2.75) is 98.0 Å². The lowest BCUT2D eigenvalue weighted by molar-refractivity contribution is -0.139. The van der Waals surface area contributed by atoms with Gasteiger partial charge in [0.25, 0.3) is 0 Å². The van der Waals surface area contributed by atoms with E-state index in [2.05, 4.69) is 27.7 Å². The molecule has 6 heteroatoms. The minimum atomic E-state index is -1.14. The van der Waals surface area contributed by atoms with Crippen LogP contribution in [0, 0.1) is 23.6 Å². The highest BCUT2D eigenvalue weighted by Gasteiger charge is 2.33. The first-order chi connectivity index (χ1) is 16.1. The average Bonchev–Trinajstić information content (AvgIpc) is 2.75. The number of ether oxygens (including phenoxy) is 3. The SMILES string of the molecule is CC(C)CCCC(C)CCCC(C)CCOCC1(C)CCc2cc(OCC(=O)O)c(F)cc2O1. The zero-order valence-corrected chi connectivity index (χ0v) is 21.8. The molecule has 0 bridgehead atoms.